The number of carboxylic acids is 1. The molecule has 0 amide bonds. The second-order valence-corrected chi connectivity index (χ2v) is 4.22. The number of aryl methyl sites for hydroxylation is 1. The first-order chi connectivity index (χ1) is 8.58. The Morgan fingerprint density at radius 2 is 2.22 bits per heavy atom. The van der Waals surface area contributed by atoms with E-state index in [0.717, 1.165) is 0 Å². The highest BCUT2D eigenvalue weighted by Crippen LogP contribution is 2.28. The Labute approximate surface area is 107 Å². The molecule has 0 saturated heterocycles. The van der Waals surface area contributed by atoms with Crippen LogP contribution >= 0.6 is 11.6 Å². The van der Waals surface area contributed by atoms with E-state index in [1.54, 1.807) is 0 Å². The monoisotopic (exact) mass is 268 g/mol. The highest BCUT2D eigenvalue weighted by molar-refractivity contribution is 6.30. The van der Waals surface area contributed by atoms with Crippen LogP contribution in [-0.2, 0) is 11.2 Å². The van der Waals surface area contributed by atoms with Gasteiger partial charge in [-0.15, -0.1) is 0 Å². The van der Waals surface area contributed by atoms with E-state index in [1.807, 2.05) is 0 Å². The zero-order valence-corrected chi connectivity index (χ0v) is 10.0. The molecule has 1 aromatic carbocycles. The van der Waals surface area contributed by atoms with Crippen molar-refractivity contribution in [3.8, 4) is 11.1 Å². The average Bonchev–Trinajstić information content (AvgIpc) is 2.77. The van der Waals surface area contributed by atoms with Crippen molar-refractivity contribution in [2.24, 2.45) is 0 Å². The van der Waals surface area contributed by atoms with Gasteiger partial charge in [-0.3, -0.25) is 9.89 Å². The van der Waals surface area contributed by atoms with Gasteiger partial charge in [-0.1, -0.05) is 11.6 Å². The predicted octanol–water partition coefficient (Wildman–Crippen LogP) is 2.89. The third-order valence-electron chi connectivity index (χ3n) is 2.53. The number of aromatic nitrogens is 2. The normalized spacial score (nSPS) is 10.6. The molecule has 2 rings (SSSR count). The second-order valence-electron chi connectivity index (χ2n) is 3.78. The molecule has 0 atom stereocenters. The molecule has 18 heavy (non-hydrogen) atoms. The maximum atomic E-state index is 13.7. The lowest BCUT2D eigenvalue weighted by Crippen LogP contribution is -1.99. The smallest absolute Gasteiger partial charge is 0.303 e. The van der Waals surface area contributed by atoms with E-state index in [4.69, 9.17) is 16.7 Å². The molecule has 0 aliphatic rings. The zero-order valence-electron chi connectivity index (χ0n) is 9.28. The van der Waals surface area contributed by atoms with Crippen LogP contribution in [-0.4, -0.2) is 21.3 Å². The van der Waals surface area contributed by atoms with Crippen molar-refractivity contribution in [1.29, 1.82) is 0 Å². The van der Waals surface area contributed by atoms with E-state index in [1.165, 1.54) is 24.4 Å². The molecule has 2 N–H and O–H groups in total. The summed E-state index contributed by atoms with van der Waals surface area (Å²) in [7, 11) is 0. The fourth-order valence-corrected chi connectivity index (χ4v) is 1.84. The van der Waals surface area contributed by atoms with Crippen molar-refractivity contribution in [1.82, 2.24) is 10.2 Å². The summed E-state index contributed by atoms with van der Waals surface area (Å²) < 4.78 is 13.7. The highest BCUT2D eigenvalue weighted by atomic mass is 35.5. The Morgan fingerprint density at radius 1 is 1.44 bits per heavy atom. The van der Waals surface area contributed by atoms with Crippen molar-refractivity contribution < 1.29 is 14.3 Å². The number of halogens is 2. The van der Waals surface area contributed by atoms with Crippen LogP contribution in [0.5, 0.6) is 0 Å². The molecule has 0 radical (unpaired) electrons. The molecule has 1 heterocycles. The van der Waals surface area contributed by atoms with E-state index in [9.17, 15) is 9.18 Å². The van der Waals surface area contributed by atoms with Gasteiger partial charge >= 0.3 is 5.97 Å². The number of nitrogens with one attached hydrogen (secondary N) is 1. The van der Waals surface area contributed by atoms with E-state index in [2.05, 4.69) is 10.2 Å². The summed E-state index contributed by atoms with van der Waals surface area (Å²) in [6.07, 6.45) is 1.68. The highest BCUT2D eigenvalue weighted by Gasteiger charge is 2.13. The van der Waals surface area contributed by atoms with E-state index in [0.29, 0.717) is 21.8 Å². The van der Waals surface area contributed by atoms with Gasteiger partial charge in [-0.2, -0.15) is 5.10 Å². The number of rotatable bonds is 4. The quantitative estimate of drug-likeness (QED) is 0.896. The predicted molar refractivity (Wildman–Crippen MR) is 64.9 cm³/mol. The van der Waals surface area contributed by atoms with Gasteiger partial charge < -0.3 is 5.11 Å². The molecule has 0 fully saturated rings. The van der Waals surface area contributed by atoms with E-state index in [-0.39, 0.29) is 12.8 Å². The standard InChI is InChI=1S/C12H10ClFN2O2/c13-7-1-2-10(14)8(5-7)9-6-15-16-11(9)3-4-12(17)18/h1-2,5-6H,3-4H2,(H,15,16)(H,17,18). The maximum absolute atomic E-state index is 13.7. The first-order valence-corrected chi connectivity index (χ1v) is 5.65. The van der Waals surface area contributed by atoms with Crippen molar-refractivity contribution in [2.45, 2.75) is 12.8 Å². The number of carboxylic acid groups (broad SMARTS) is 1. The Hall–Kier alpha value is -1.88. The molecular formula is C12H10ClFN2O2. The lowest BCUT2D eigenvalue weighted by Gasteiger charge is -2.04. The number of nitrogens with zero attached hydrogens (tertiary/aromatic N) is 1. The van der Waals surface area contributed by atoms with Crippen LogP contribution < -0.4 is 0 Å². The summed E-state index contributed by atoms with van der Waals surface area (Å²) in [5, 5.41) is 15.6. The Bertz CT molecular complexity index is 583. The van der Waals surface area contributed by atoms with Gasteiger partial charge in [0.1, 0.15) is 5.82 Å². The number of hydrogen-bond donors (Lipinski definition) is 2. The maximum Gasteiger partial charge on any atom is 0.303 e. The summed E-state index contributed by atoms with van der Waals surface area (Å²) in [4.78, 5) is 10.5. The number of carbonyl (C=O) groups is 1. The minimum atomic E-state index is -0.915. The molecule has 0 aliphatic carbocycles. The molecule has 4 nitrogen and oxygen atoms in total. The molecule has 0 saturated carbocycles. The summed E-state index contributed by atoms with van der Waals surface area (Å²) in [5.74, 6) is -1.33. The topological polar surface area (TPSA) is 66.0 Å². The van der Waals surface area contributed by atoms with Crippen LogP contribution in [0.3, 0.4) is 0 Å². The molecule has 1 aromatic heterocycles. The van der Waals surface area contributed by atoms with Crippen molar-refractivity contribution in [2.75, 3.05) is 0 Å². The zero-order chi connectivity index (χ0) is 13.1. The Morgan fingerprint density at radius 3 is 2.94 bits per heavy atom. The summed E-state index contributed by atoms with van der Waals surface area (Å²) in [6.45, 7) is 0. The first kappa shape index (κ1) is 12.6. The lowest BCUT2D eigenvalue weighted by atomic mass is 10.0. The lowest BCUT2D eigenvalue weighted by molar-refractivity contribution is -0.136. The number of benzene rings is 1. The molecule has 94 valence electrons. The van der Waals surface area contributed by atoms with Crippen molar-refractivity contribution >= 4 is 17.6 Å². The van der Waals surface area contributed by atoms with Gasteiger partial charge in [-0.05, 0) is 18.2 Å². The largest absolute Gasteiger partial charge is 0.481 e. The third kappa shape index (κ3) is 2.68. The van der Waals surface area contributed by atoms with Crippen molar-refractivity contribution in [3.63, 3.8) is 0 Å². The van der Waals surface area contributed by atoms with Gasteiger partial charge in [0.2, 0.25) is 0 Å². The van der Waals surface area contributed by atoms with Gasteiger partial charge in [0, 0.05) is 28.3 Å². The second kappa shape index (κ2) is 5.18. The SMILES string of the molecule is O=C(O)CCc1[nH]ncc1-c1cc(Cl)ccc1F. The molecule has 0 spiro atoms. The molecule has 0 bridgehead atoms. The first-order valence-electron chi connectivity index (χ1n) is 5.27. The minimum absolute atomic E-state index is 0.0443. The van der Waals surface area contributed by atoms with Crippen LogP contribution in [0, 0.1) is 5.82 Å². The fraction of sp³-hybridized carbons (Fsp3) is 0.167. The Kier molecular flexibility index (Phi) is 3.62. The molecular weight excluding hydrogens is 259 g/mol. The molecule has 0 aliphatic heterocycles. The minimum Gasteiger partial charge on any atom is -0.481 e. The van der Waals surface area contributed by atoms with Crippen molar-refractivity contribution in [3.05, 3.63) is 40.9 Å². The van der Waals surface area contributed by atoms with Gasteiger partial charge in [0.15, 0.2) is 0 Å². The Balaban J connectivity index is 2.36. The summed E-state index contributed by atoms with van der Waals surface area (Å²) in [5.41, 5.74) is 1.44. The molecule has 2 aromatic rings. The third-order valence-corrected chi connectivity index (χ3v) is 2.76. The van der Waals surface area contributed by atoms with E-state index >= 15 is 0 Å². The molecule has 6 heteroatoms. The number of H-pyrrole nitrogens is 1. The van der Waals surface area contributed by atoms with Crippen LogP contribution in [0.25, 0.3) is 11.1 Å². The van der Waals surface area contributed by atoms with Crippen LogP contribution in [0.1, 0.15) is 12.1 Å². The van der Waals surface area contributed by atoms with Crippen LogP contribution in [0.2, 0.25) is 5.02 Å². The van der Waals surface area contributed by atoms with Crippen LogP contribution in [0.15, 0.2) is 24.4 Å². The van der Waals surface area contributed by atoms with Gasteiger partial charge in [0.05, 0.1) is 12.6 Å². The number of aliphatic carboxylic acids is 1. The van der Waals surface area contributed by atoms with Crippen LogP contribution in [0.4, 0.5) is 4.39 Å². The fourth-order valence-electron chi connectivity index (χ4n) is 1.67. The van der Waals surface area contributed by atoms with Gasteiger partial charge in [0.25, 0.3) is 0 Å². The number of aromatic amines is 1. The van der Waals surface area contributed by atoms with Gasteiger partial charge in [-0.25, -0.2) is 4.39 Å². The molecule has 0 unspecified atom stereocenters. The summed E-state index contributed by atoms with van der Waals surface area (Å²) >= 11 is 5.82. The average molecular weight is 269 g/mol. The number of hydrogen-bond acceptors (Lipinski definition) is 2. The van der Waals surface area contributed by atoms with E-state index < -0.39 is 11.8 Å². The summed E-state index contributed by atoms with van der Waals surface area (Å²) in [6, 6.07) is 4.22.